The van der Waals surface area contributed by atoms with Gasteiger partial charge in [-0.2, -0.15) is 5.10 Å². The minimum Gasteiger partial charge on any atom is -0.361 e. The summed E-state index contributed by atoms with van der Waals surface area (Å²) < 4.78 is 1.53. The van der Waals surface area contributed by atoms with E-state index in [1.807, 2.05) is 5.38 Å². The van der Waals surface area contributed by atoms with Gasteiger partial charge in [0.05, 0.1) is 0 Å². The molecule has 114 valence electrons. The van der Waals surface area contributed by atoms with Gasteiger partial charge in [-0.05, 0) is 18.4 Å². The molecule has 0 aliphatic heterocycles. The Balaban J connectivity index is 2.16. The van der Waals surface area contributed by atoms with Crippen molar-refractivity contribution in [3.05, 3.63) is 27.9 Å². The van der Waals surface area contributed by atoms with Crippen LogP contribution in [0.4, 0.5) is 5.13 Å². The molecule has 0 fully saturated rings. The maximum atomic E-state index is 11.8. The Morgan fingerprint density at radius 1 is 1.33 bits per heavy atom. The van der Waals surface area contributed by atoms with E-state index in [-0.39, 0.29) is 5.56 Å². The first kappa shape index (κ1) is 15.7. The molecular formula is C15H22N4OS. The van der Waals surface area contributed by atoms with E-state index >= 15 is 0 Å². The summed E-state index contributed by atoms with van der Waals surface area (Å²) >= 11 is 1.56. The molecule has 2 aromatic rings. The molecule has 0 saturated heterocycles. The number of aryl methyl sites for hydroxylation is 1. The summed E-state index contributed by atoms with van der Waals surface area (Å²) in [6.45, 7) is 7.98. The van der Waals surface area contributed by atoms with Crippen molar-refractivity contribution in [2.45, 2.75) is 40.2 Å². The highest BCUT2D eigenvalue weighted by molar-refractivity contribution is 7.14. The van der Waals surface area contributed by atoms with Crippen LogP contribution in [0.5, 0.6) is 0 Å². The molecule has 0 saturated carbocycles. The lowest BCUT2D eigenvalue weighted by Crippen LogP contribution is -2.22. The van der Waals surface area contributed by atoms with E-state index in [9.17, 15) is 4.79 Å². The summed E-state index contributed by atoms with van der Waals surface area (Å²) in [5, 5.41) is 10.6. The quantitative estimate of drug-likeness (QED) is 0.853. The lowest BCUT2D eigenvalue weighted by molar-refractivity contribution is 0.545. The second kappa shape index (κ2) is 7.36. The van der Waals surface area contributed by atoms with Gasteiger partial charge in [0.25, 0.3) is 5.56 Å². The van der Waals surface area contributed by atoms with Crippen molar-refractivity contribution in [1.29, 1.82) is 0 Å². The SMILES string of the molecule is CCCCn1nc(-c2csc(NCC(C)C)n2)ccc1=O. The number of aromatic nitrogens is 3. The third-order valence-corrected chi connectivity index (χ3v) is 3.82. The zero-order valence-corrected chi connectivity index (χ0v) is 13.6. The predicted molar refractivity (Wildman–Crippen MR) is 87.8 cm³/mol. The highest BCUT2D eigenvalue weighted by Gasteiger charge is 2.08. The summed E-state index contributed by atoms with van der Waals surface area (Å²) in [5.41, 5.74) is 1.51. The van der Waals surface area contributed by atoms with Crippen LogP contribution in [0.1, 0.15) is 33.6 Å². The normalized spacial score (nSPS) is 11.0. The van der Waals surface area contributed by atoms with Crippen molar-refractivity contribution in [2.24, 2.45) is 5.92 Å². The van der Waals surface area contributed by atoms with E-state index in [0.29, 0.717) is 12.5 Å². The number of rotatable bonds is 7. The number of hydrogen-bond donors (Lipinski definition) is 1. The predicted octanol–water partition coefficient (Wildman–Crippen LogP) is 3.23. The summed E-state index contributed by atoms with van der Waals surface area (Å²) in [6, 6.07) is 3.31. The second-order valence-electron chi connectivity index (χ2n) is 5.45. The first-order valence-corrected chi connectivity index (χ1v) is 8.26. The maximum Gasteiger partial charge on any atom is 0.266 e. The van der Waals surface area contributed by atoms with Crippen LogP contribution in [0.25, 0.3) is 11.4 Å². The first-order valence-electron chi connectivity index (χ1n) is 7.38. The summed E-state index contributed by atoms with van der Waals surface area (Å²) in [6.07, 6.45) is 1.99. The number of unbranched alkanes of at least 4 members (excludes halogenated alkanes) is 1. The summed E-state index contributed by atoms with van der Waals surface area (Å²) in [5.74, 6) is 0.575. The Kier molecular flexibility index (Phi) is 5.50. The third-order valence-electron chi connectivity index (χ3n) is 3.02. The zero-order chi connectivity index (χ0) is 15.2. The Morgan fingerprint density at radius 3 is 2.86 bits per heavy atom. The molecule has 0 unspecified atom stereocenters. The summed E-state index contributed by atoms with van der Waals surface area (Å²) in [7, 11) is 0. The van der Waals surface area contributed by atoms with Gasteiger partial charge in [-0.15, -0.1) is 11.3 Å². The lowest BCUT2D eigenvalue weighted by atomic mass is 10.2. The Morgan fingerprint density at radius 2 is 2.14 bits per heavy atom. The number of nitrogens with zero attached hydrogens (tertiary/aromatic N) is 3. The van der Waals surface area contributed by atoms with Crippen LogP contribution < -0.4 is 10.9 Å². The molecule has 6 heteroatoms. The van der Waals surface area contributed by atoms with E-state index < -0.39 is 0 Å². The van der Waals surface area contributed by atoms with Gasteiger partial charge in [-0.25, -0.2) is 9.67 Å². The monoisotopic (exact) mass is 306 g/mol. The van der Waals surface area contributed by atoms with Crippen molar-refractivity contribution < 1.29 is 0 Å². The number of anilines is 1. The highest BCUT2D eigenvalue weighted by atomic mass is 32.1. The Bertz CT molecular complexity index is 633. The number of hydrogen-bond acceptors (Lipinski definition) is 5. The van der Waals surface area contributed by atoms with Gasteiger partial charge in [0.2, 0.25) is 0 Å². The molecule has 0 spiro atoms. The van der Waals surface area contributed by atoms with Gasteiger partial charge in [-0.3, -0.25) is 4.79 Å². The molecule has 0 aromatic carbocycles. The van der Waals surface area contributed by atoms with Crippen molar-refractivity contribution in [3.63, 3.8) is 0 Å². The second-order valence-corrected chi connectivity index (χ2v) is 6.30. The minimum atomic E-state index is -0.0550. The van der Waals surface area contributed by atoms with Crippen LogP contribution in [0, 0.1) is 5.92 Å². The Hall–Kier alpha value is -1.69. The smallest absolute Gasteiger partial charge is 0.266 e. The van der Waals surface area contributed by atoms with Crippen molar-refractivity contribution in [3.8, 4) is 11.4 Å². The maximum absolute atomic E-state index is 11.8. The topological polar surface area (TPSA) is 59.8 Å². The van der Waals surface area contributed by atoms with Crippen LogP contribution in [-0.2, 0) is 6.54 Å². The van der Waals surface area contributed by atoms with E-state index in [4.69, 9.17) is 0 Å². The van der Waals surface area contributed by atoms with Gasteiger partial charge in [0.15, 0.2) is 5.13 Å². The average molecular weight is 306 g/mol. The molecule has 0 radical (unpaired) electrons. The van der Waals surface area contributed by atoms with Crippen LogP contribution >= 0.6 is 11.3 Å². The zero-order valence-electron chi connectivity index (χ0n) is 12.8. The molecule has 0 atom stereocenters. The van der Waals surface area contributed by atoms with Gasteiger partial charge >= 0.3 is 0 Å². The van der Waals surface area contributed by atoms with E-state index in [0.717, 1.165) is 35.9 Å². The van der Waals surface area contributed by atoms with E-state index in [1.165, 1.54) is 4.68 Å². The molecule has 0 aliphatic carbocycles. The molecule has 0 amide bonds. The molecule has 0 bridgehead atoms. The van der Waals surface area contributed by atoms with Crippen LogP contribution in [0.3, 0.4) is 0 Å². The molecule has 0 aliphatic rings. The van der Waals surface area contributed by atoms with Gasteiger partial charge in [-0.1, -0.05) is 27.2 Å². The summed E-state index contributed by atoms with van der Waals surface area (Å²) in [4.78, 5) is 16.3. The molecular weight excluding hydrogens is 284 g/mol. The molecule has 5 nitrogen and oxygen atoms in total. The largest absolute Gasteiger partial charge is 0.361 e. The minimum absolute atomic E-state index is 0.0550. The van der Waals surface area contributed by atoms with Gasteiger partial charge in [0, 0.05) is 24.5 Å². The molecule has 1 N–H and O–H groups in total. The van der Waals surface area contributed by atoms with Crippen LogP contribution in [0.2, 0.25) is 0 Å². The average Bonchev–Trinajstić information content (AvgIpc) is 2.93. The van der Waals surface area contributed by atoms with E-state index in [2.05, 4.69) is 36.2 Å². The standard InChI is InChI=1S/C15H22N4OS/c1-4-5-8-19-14(20)7-6-12(18-19)13-10-21-15(17-13)16-9-11(2)3/h6-7,10-11H,4-5,8-9H2,1-3H3,(H,16,17). The van der Waals surface area contributed by atoms with Crippen molar-refractivity contribution in [1.82, 2.24) is 14.8 Å². The van der Waals surface area contributed by atoms with Crippen LogP contribution in [0.15, 0.2) is 22.3 Å². The fourth-order valence-electron chi connectivity index (χ4n) is 1.82. The molecule has 2 aromatic heterocycles. The lowest BCUT2D eigenvalue weighted by Gasteiger charge is -2.05. The van der Waals surface area contributed by atoms with Crippen molar-refractivity contribution >= 4 is 16.5 Å². The Labute approximate surface area is 129 Å². The van der Waals surface area contributed by atoms with Gasteiger partial charge in [0.1, 0.15) is 11.4 Å². The molecule has 2 heterocycles. The molecule has 21 heavy (non-hydrogen) atoms. The molecule has 2 rings (SSSR count). The third kappa shape index (κ3) is 4.39. The first-order chi connectivity index (χ1) is 10.1. The van der Waals surface area contributed by atoms with Crippen LogP contribution in [-0.4, -0.2) is 21.3 Å². The van der Waals surface area contributed by atoms with Crippen molar-refractivity contribution in [2.75, 3.05) is 11.9 Å². The number of nitrogens with one attached hydrogen (secondary N) is 1. The van der Waals surface area contributed by atoms with E-state index in [1.54, 1.807) is 23.5 Å². The fraction of sp³-hybridized carbons (Fsp3) is 0.533. The van der Waals surface area contributed by atoms with Gasteiger partial charge < -0.3 is 5.32 Å². The number of thiazole rings is 1. The fourth-order valence-corrected chi connectivity index (χ4v) is 2.53. The highest BCUT2D eigenvalue weighted by Crippen LogP contribution is 2.22.